The van der Waals surface area contributed by atoms with Crippen molar-refractivity contribution in [1.29, 1.82) is 0 Å². The van der Waals surface area contributed by atoms with Gasteiger partial charge >= 0.3 is 0 Å². The Balaban J connectivity index is 3.44. The van der Waals surface area contributed by atoms with Gasteiger partial charge in [0, 0.05) is 33.4 Å². The van der Waals surface area contributed by atoms with Gasteiger partial charge in [-0.3, -0.25) is 4.79 Å². The number of nitrogens with zero attached hydrogens (tertiary/aromatic N) is 1. The largest absolute Gasteiger partial charge is 0.396 e. The molecule has 2 N–H and O–H groups in total. The Labute approximate surface area is 123 Å². The third kappa shape index (κ3) is 3.50. The summed E-state index contributed by atoms with van der Waals surface area (Å²) in [6.07, 6.45) is 1.10. The molecule has 0 bridgehead atoms. The quantitative estimate of drug-likeness (QED) is 0.764. The van der Waals surface area contributed by atoms with Crippen LogP contribution >= 0.6 is 11.3 Å². The minimum Gasteiger partial charge on any atom is -0.396 e. The van der Waals surface area contributed by atoms with Crippen LogP contribution in [0.4, 0.5) is 10.7 Å². The van der Waals surface area contributed by atoms with E-state index in [1.807, 2.05) is 11.8 Å². The lowest BCUT2D eigenvalue weighted by molar-refractivity contribution is 0.102. The molecule has 0 fully saturated rings. The second kappa shape index (κ2) is 6.55. The van der Waals surface area contributed by atoms with Crippen molar-refractivity contribution in [2.75, 3.05) is 43.7 Å². The van der Waals surface area contributed by atoms with Crippen molar-refractivity contribution in [3.63, 3.8) is 0 Å². The molecule has 114 valence electrons. The maximum Gasteiger partial charge on any atom is 0.180 e. The molecule has 0 aliphatic carbocycles. The zero-order chi connectivity index (χ0) is 15.5. The van der Waals surface area contributed by atoms with Crippen molar-refractivity contribution in [3.05, 3.63) is 4.88 Å². The number of thiophene rings is 1. The predicted octanol–water partition coefficient (Wildman–Crippen LogP) is 1.41. The number of sulfone groups is 1. The number of likely N-dealkylation sites (N-methyl/N-ethyl adjacent to an activating group) is 1. The number of hydrogen-bond donors (Lipinski definition) is 1. The van der Waals surface area contributed by atoms with Crippen LogP contribution in [0, 0.1) is 0 Å². The average Bonchev–Trinajstić information content (AvgIpc) is 2.68. The van der Waals surface area contributed by atoms with Crippen molar-refractivity contribution in [2.45, 2.75) is 18.7 Å². The molecular weight excluding hydrogens is 300 g/mol. The van der Waals surface area contributed by atoms with Crippen molar-refractivity contribution in [1.82, 2.24) is 0 Å². The molecule has 0 aliphatic rings. The minimum atomic E-state index is -3.51. The number of nitrogen functional groups attached to an aromatic ring is 1. The van der Waals surface area contributed by atoms with Crippen LogP contribution in [0.2, 0.25) is 0 Å². The number of nitrogens with two attached hydrogens (primary N) is 1. The number of ether oxygens (including phenoxy) is 1. The van der Waals surface area contributed by atoms with Crippen LogP contribution in [0.1, 0.15) is 23.5 Å². The molecule has 0 spiro atoms. The molecule has 0 unspecified atom stereocenters. The van der Waals surface area contributed by atoms with Gasteiger partial charge < -0.3 is 15.4 Å². The van der Waals surface area contributed by atoms with E-state index < -0.39 is 9.84 Å². The highest BCUT2D eigenvalue weighted by Gasteiger charge is 2.28. The molecular formula is C12H20N2O4S2. The summed E-state index contributed by atoms with van der Waals surface area (Å²) in [7, 11) is -1.93. The van der Waals surface area contributed by atoms with E-state index in [-0.39, 0.29) is 21.2 Å². The summed E-state index contributed by atoms with van der Waals surface area (Å²) < 4.78 is 28.9. The summed E-state index contributed by atoms with van der Waals surface area (Å²) >= 11 is 1.12. The highest BCUT2D eigenvalue weighted by atomic mass is 32.2. The van der Waals surface area contributed by atoms with Gasteiger partial charge in [-0.15, -0.1) is 11.3 Å². The molecule has 0 atom stereocenters. The summed E-state index contributed by atoms with van der Waals surface area (Å²) in [5.74, 6) is -0.230. The Morgan fingerprint density at radius 2 is 2.05 bits per heavy atom. The van der Waals surface area contributed by atoms with Crippen molar-refractivity contribution < 1.29 is 17.9 Å². The van der Waals surface area contributed by atoms with Crippen LogP contribution in [-0.4, -0.2) is 47.3 Å². The van der Waals surface area contributed by atoms with Gasteiger partial charge in [0.25, 0.3) is 0 Å². The summed E-state index contributed by atoms with van der Waals surface area (Å²) in [6.45, 7) is 4.88. The zero-order valence-electron chi connectivity index (χ0n) is 12.1. The van der Waals surface area contributed by atoms with E-state index in [4.69, 9.17) is 10.5 Å². The standard InChI is InChI=1S/C12H20N2O4S2/c1-5-14(6-7-18-3)12-11(20(4,16)17)9(13)10(19-12)8(2)15/h5-7,13H2,1-4H3. The molecule has 0 radical (unpaired) electrons. The Bertz CT molecular complexity index is 593. The van der Waals surface area contributed by atoms with Crippen LogP contribution in [0.25, 0.3) is 0 Å². The third-order valence-electron chi connectivity index (χ3n) is 2.81. The second-order valence-corrected chi connectivity index (χ2v) is 7.33. The third-order valence-corrected chi connectivity index (χ3v) is 5.46. The van der Waals surface area contributed by atoms with Gasteiger partial charge in [-0.2, -0.15) is 0 Å². The smallest absolute Gasteiger partial charge is 0.180 e. The monoisotopic (exact) mass is 320 g/mol. The van der Waals surface area contributed by atoms with E-state index in [9.17, 15) is 13.2 Å². The van der Waals surface area contributed by atoms with E-state index >= 15 is 0 Å². The number of methoxy groups -OCH3 is 1. The summed E-state index contributed by atoms with van der Waals surface area (Å²) in [4.78, 5) is 13.8. The van der Waals surface area contributed by atoms with Gasteiger partial charge in [-0.05, 0) is 6.92 Å². The lowest BCUT2D eigenvalue weighted by atomic mass is 10.3. The summed E-state index contributed by atoms with van der Waals surface area (Å²) in [5.41, 5.74) is 5.92. The van der Waals surface area contributed by atoms with Crippen LogP contribution in [-0.2, 0) is 14.6 Å². The fraction of sp³-hybridized carbons (Fsp3) is 0.583. The first-order valence-electron chi connectivity index (χ1n) is 6.11. The van der Waals surface area contributed by atoms with Gasteiger partial charge in [0.15, 0.2) is 15.6 Å². The van der Waals surface area contributed by atoms with Gasteiger partial charge in [0.05, 0.1) is 17.2 Å². The van der Waals surface area contributed by atoms with Gasteiger partial charge in [-0.1, -0.05) is 0 Å². The van der Waals surface area contributed by atoms with Gasteiger partial charge in [-0.25, -0.2) is 8.42 Å². The number of Topliss-reactive ketones (excluding diaryl/α,β-unsaturated/α-hetero) is 1. The van der Waals surface area contributed by atoms with Crippen molar-refractivity contribution >= 4 is 37.6 Å². The molecule has 20 heavy (non-hydrogen) atoms. The molecule has 1 heterocycles. The fourth-order valence-electron chi connectivity index (χ4n) is 1.85. The first kappa shape index (κ1) is 16.9. The SMILES string of the molecule is CCN(CCOC)c1sc(C(C)=O)c(N)c1S(C)(=O)=O. The topological polar surface area (TPSA) is 89.7 Å². The maximum absolute atomic E-state index is 12.0. The van der Waals surface area contributed by atoms with E-state index in [1.165, 1.54) is 6.92 Å². The van der Waals surface area contributed by atoms with Gasteiger partial charge in [0.1, 0.15) is 9.90 Å². The van der Waals surface area contributed by atoms with Gasteiger partial charge in [0.2, 0.25) is 0 Å². The van der Waals surface area contributed by atoms with Crippen LogP contribution in [0.3, 0.4) is 0 Å². The molecule has 6 nitrogen and oxygen atoms in total. The highest BCUT2D eigenvalue weighted by molar-refractivity contribution is 7.91. The first-order valence-corrected chi connectivity index (χ1v) is 8.81. The molecule has 1 aromatic heterocycles. The molecule has 1 rings (SSSR count). The Morgan fingerprint density at radius 1 is 1.45 bits per heavy atom. The molecule has 0 aliphatic heterocycles. The van der Waals surface area contributed by atoms with Crippen LogP contribution < -0.4 is 10.6 Å². The Hall–Kier alpha value is -1.12. The van der Waals surface area contributed by atoms with Crippen LogP contribution in [0.15, 0.2) is 4.90 Å². The minimum absolute atomic E-state index is 0.0469. The molecule has 8 heteroatoms. The number of ketones is 1. The maximum atomic E-state index is 12.0. The fourth-order valence-corrected chi connectivity index (χ4v) is 4.54. The number of carbonyl (C=O) groups excluding carboxylic acids is 1. The molecule has 0 amide bonds. The van der Waals surface area contributed by atoms with E-state index in [0.717, 1.165) is 17.6 Å². The predicted molar refractivity (Wildman–Crippen MR) is 81.6 cm³/mol. The number of anilines is 2. The molecule has 1 aromatic rings. The number of carbonyl (C=O) groups is 1. The molecule has 0 aromatic carbocycles. The van der Waals surface area contributed by atoms with E-state index in [1.54, 1.807) is 7.11 Å². The zero-order valence-corrected chi connectivity index (χ0v) is 13.7. The lowest BCUT2D eigenvalue weighted by Gasteiger charge is -2.22. The molecule has 0 saturated carbocycles. The van der Waals surface area contributed by atoms with Crippen LogP contribution in [0.5, 0.6) is 0 Å². The lowest BCUT2D eigenvalue weighted by Crippen LogP contribution is -2.27. The normalized spacial score (nSPS) is 11.6. The van der Waals surface area contributed by atoms with E-state index in [0.29, 0.717) is 24.7 Å². The molecule has 0 saturated heterocycles. The number of hydrogen-bond acceptors (Lipinski definition) is 7. The Kier molecular flexibility index (Phi) is 5.55. The highest BCUT2D eigenvalue weighted by Crippen LogP contribution is 2.41. The summed E-state index contributed by atoms with van der Waals surface area (Å²) in [5, 5.41) is 0.509. The van der Waals surface area contributed by atoms with Crippen molar-refractivity contribution in [2.24, 2.45) is 0 Å². The Morgan fingerprint density at radius 3 is 2.45 bits per heavy atom. The average molecular weight is 320 g/mol. The number of rotatable bonds is 7. The van der Waals surface area contributed by atoms with Crippen molar-refractivity contribution in [3.8, 4) is 0 Å². The summed E-state index contributed by atoms with van der Waals surface area (Å²) in [6, 6.07) is 0. The van der Waals surface area contributed by atoms with E-state index in [2.05, 4.69) is 0 Å². The second-order valence-electron chi connectivity index (χ2n) is 4.38. The first-order chi connectivity index (χ1) is 9.23.